The lowest BCUT2D eigenvalue weighted by atomic mass is 10.1. The fraction of sp³-hybridized carbons (Fsp3) is 0.263. The zero-order valence-corrected chi connectivity index (χ0v) is 17.9. The number of fused-ring (bicyclic) bond motifs is 1. The summed E-state index contributed by atoms with van der Waals surface area (Å²) in [5, 5.41) is 5.65. The Balaban J connectivity index is 1.93. The number of carbonyl (C=O) groups is 3. The minimum atomic E-state index is -0.721. The molecular formula is C19H18ClN3O6S. The third-order valence-corrected chi connectivity index (χ3v) is 5.69. The number of rotatable bonds is 6. The van der Waals surface area contributed by atoms with Gasteiger partial charge in [-0.05, 0) is 31.5 Å². The van der Waals surface area contributed by atoms with Crippen LogP contribution in [0.1, 0.15) is 32.5 Å². The quantitative estimate of drug-likeness (QED) is 0.556. The van der Waals surface area contributed by atoms with Crippen molar-refractivity contribution in [2.24, 2.45) is 0 Å². The van der Waals surface area contributed by atoms with E-state index in [0.717, 1.165) is 15.9 Å². The second kappa shape index (κ2) is 8.72. The van der Waals surface area contributed by atoms with Crippen LogP contribution >= 0.6 is 22.9 Å². The highest BCUT2D eigenvalue weighted by atomic mass is 35.5. The standard InChI is InChI=1S/C19H18ClN3O6S/c1-4-28-18(26)14-9(2)15(16(25)21-3)30-17(14)22-13(24)8-23-11-6-5-10(20)7-12(11)29-19(23)27/h5-7H,4,8H2,1-3H3,(H,21,25)(H,22,24). The summed E-state index contributed by atoms with van der Waals surface area (Å²) in [5.41, 5.74) is 1.15. The van der Waals surface area contributed by atoms with Crippen molar-refractivity contribution >= 4 is 56.8 Å². The third kappa shape index (κ3) is 4.10. The van der Waals surface area contributed by atoms with Gasteiger partial charge in [-0.2, -0.15) is 0 Å². The first-order chi connectivity index (χ1) is 14.3. The van der Waals surface area contributed by atoms with Crippen LogP contribution in [0.15, 0.2) is 27.4 Å². The van der Waals surface area contributed by atoms with Crippen molar-refractivity contribution in [3.8, 4) is 0 Å². The number of anilines is 1. The number of carbonyl (C=O) groups excluding carboxylic acids is 3. The summed E-state index contributed by atoms with van der Waals surface area (Å²) in [7, 11) is 1.46. The molecule has 0 unspecified atom stereocenters. The predicted octanol–water partition coefficient (Wildman–Crippen LogP) is 2.79. The van der Waals surface area contributed by atoms with Gasteiger partial charge in [0, 0.05) is 18.1 Å². The van der Waals surface area contributed by atoms with Gasteiger partial charge in [0.15, 0.2) is 5.58 Å². The maximum atomic E-state index is 12.7. The van der Waals surface area contributed by atoms with Crippen LogP contribution in [-0.4, -0.2) is 36.0 Å². The number of aromatic nitrogens is 1. The summed E-state index contributed by atoms with van der Waals surface area (Å²) in [6, 6.07) is 4.62. The molecule has 0 aliphatic heterocycles. The van der Waals surface area contributed by atoms with Gasteiger partial charge in [0.1, 0.15) is 11.5 Å². The summed E-state index contributed by atoms with van der Waals surface area (Å²) < 4.78 is 11.3. The van der Waals surface area contributed by atoms with Crippen LogP contribution in [0.4, 0.5) is 5.00 Å². The molecule has 1 aromatic carbocycles. The summed E-state index contributed by atoms with van der Waals surface area (Å²) in [4.78, 5) is 49.6. The monoisotopic (exact) mass is 451 g/mol. The lowest BCUT2D eigenvalue weighted by molar-refractivity contribution is -0.116. The first-order valence-electron chi connectivity index (χ1n) is 8.88. The number of hydrogen-bond donors (Lipinski definition) is 2. The molecule has 0 radical (unpaired) electrons. The molecule has 2 N–H and O–H groups in total. The number of esters is 1. The average Bonchev–Trinajstić information content (AvgIpc) is 3.17. The van der Waals surface area contributed by atoms with Crippen molar-refractivity contribution in [3.05, 3.63) is 49.8 Å². The van der Waals surface area contributed by atoms with Crippen LogP contribution in [0, 0.1) is 6.92 Å². The Morgan fingerprint density at radius 3 is 2.70 bits per heavy atom. The van der Waals surface area contributed by atoms with Gasteiger partial charge in [0.2, 0.25) is 5.91 Å². The molecule has 0 bridgehead atoms. The first kappa shape index (κ1) is 21.6. The molecule has 158 valence electrons. The lowest BCUT2D eigenvalue weighted by Gasteiger charge is -2.07. The van der Waals surface area contributed by atoms with E-state index in [1.54, 1.807) is 26.0 Å². The third-order valence-electron chi connectivity index (χ3n) is 4.24. The number of oxazole rings is 1. The summed E-state index contributed by atoms with van der Waals surface area (Å²) >= 11 is 6.85. The fourth-order valence-electron chi connectivity index (χ4n) is 2.88. The summed E-state index contributed by atoms with van der Waals surface area (Å²) in [6.45, 7) is 3.03. The van der Waals surface area contributed by atoms with Crippen LogP contribution in [0.2, 0.25) is 5.02 Å². The van der Waals surface area contributed by atoms with E-state index in [4.69, 9.17) is 20.8 Å². The number of thiophene rings is 1. The SMILES string of the molecule is CCOC(=O)c1c(NC(=O)Cn2c(=O)oc3cc(Cl)ccc32)sc(C(=O)NC)c1C. The van der Waals surface area contributed by atoms with Gasteiger partial charge < -0.3 is 19.8 Å². The molecule has 3 rings (SSSR count). The van der Waals surface area contributed by atoms with Crippen molar-refractivity contribution in [1.82, 2.24) is 9.88 Å². The molecule has 0 saturated heterocycles. The Hall–Kier alpha value is -3.11. The second-order valence-corrected chi connectivity index (χ2v) is 7.63. The summed E-state index contributed by atoms with van der Waals surface area (Å²) in [5.74, 6) is -2.35. The molecule has 30 heavy (non-hydrogen) atoms. The topological polar surface area (TPSA) is 120 Å². The van der Waals surface area contributed by atoms with E-state index in [0.29, 0.717) is 16.1 Å². The molecule has 9 nitrogen and oxygen atoms in total. The number of ether oxygens (including phenoxy) is 1. The number of hydrogen-bond acceptors (Lipinski definition) is 7. The number of nitrogens with zero attached hydrogens (tertiary/aromatic N) is 1. The molecule has 0 atom stereocenters. The molecule has 2 heterocycles. The molecule has 3 aromatic rings. The Labute approximate surface area is 179 Å². The molecule has 0 aliphatic carbocycles. The minimum Gasteiger partial charge on any atom is -0.462 e. The second-order valence-electron chi connectivity index (χ2n) is 6.17. The van der Waals surface area contributed by atoms with Gasteiger partial charge in [0.05, 0.1) is 22.6 Å². The van der Waals surface area contributed by atoms with Crippen molar-refractivity contribution in [2.75, 3.05) is 19.0 Å². The Morgan fingerprint density at radius 2 is 2.03 bits per heavy atom. The molecule has 0 spiro atoms. The van der Waals surface area contributed by atoms with Crippen molar-refractivity contribution < 1.29 is 23.5 Å². The molecular weight excluding hydrogens is 434 g/mol. The number of benzene rings is 1. The highest BCUT2D eigenvalue weighted by Crippen LogP contribution is 2.34. The maximum Gasteiger partial charge on any atom is 0.420 e. The largest absolute Gasteiger partial charge is 0.462 e. The van der Waals surface area contributed by atoms with Crippen LogP contribution in [0.3, 0.4) is 0 Å². The molecule has 2 aromatic heterocycles. The zero-order chi connectivity index (χ0) is 22.0. The lowest BCUT2D eigenvalue weighted by Crippen LogP contribution is -2.25. The molecule has 2 amide bonds. The van der Waals surface area contributed by atoms with Crippen molar-refractivity contribution in [3.63, 3.8) is 0 Å². The maximum absolute atomic E-state index is 12.7. The Kier molecular flexibility index (Phi) is 6.28. The molecule has 0 aliphatic rings. The van der Waals surface area contributed by atoms with Crippen LogP contribution in [0.25, 0.3) is 11.1 Å². The van der Waals surface area contributed by atoms with Crippen LogP contribution in [-0.2, 0) is 16.1 Å². The van der Waals surface area contributed by atoms with E-state index in [9.17, 15) is 19.2 Å². The average molecular weight is 452 g/mol. The smallest absolute Gasteiger partial charge is 0.420 e. The predicted molar refractivity (Wildman–Crippen MR) is 113 cm³/mol. The van der Waals surface area contributed by atoms with Gasteiger partial charge in [-0.3, -0.25) is 14.2 Å². The van der Waals surface area contributed by atoms with E-state index in [1.807, 2.05) is 0 Å². The normalized spacial score (nSPS) is 10.8. The van der Waals surface area contributed by atoms with Crippen LogP contribution < -0.4 is 16.4 Å². The van der Waals surface area contributed by atoms with E-state index in [1.165, 1.54) is 13.1 Å². The highest BCUT2D eigenvalue weighted by Gasteiger charge is 2.26. The number of nitrogens with one attached hydrogen (secondary N) is 2. The van der Waals surface area contributed by atoms with Gasteiger partial charge >= 0.3 is 11.7 Å². The Bertz CT molecular complexity index is 1210. The van der Waals surface area contributed by atoms with Gasteiger partial charge in [-0.15, -0.1) is 11.3 Å². The van der Waals surface area contributed by atoms with Gasteiger partial charge in [0.25, 0.3) is 5.91 Å². The Morgan fingerprint density at radius 1 is 1.30 bits per heavy atom. The fourth-order valence-corrected chi connectivity index (χ4v) is 4.20. The van der Waals surface area contributed by atoms with Crippen molar-refractivity contribution in [2.45, 2.75) is 20.4 Å². The van der Waals surface area contributed by atoms with E-state index < -0.39 is 23.5 Å². The highest BCUT2D eigenvalue weighted by molar-refractivity contribution is 7.18. The minimum absolute atomic E-state index is 0.102. The molecule has 0 saturated carbocycles. The van der Waals surface area contributed by atoms with Gasteiger partial charge in [-0.1, -0.05) is 11.6 Å². The first-order valence-corrected chi connectivity index (χ1v) is 10.1. The summed E-state index contributed by atoms with van der Waals surface area (Å²) in [6.07, 6.45) is 0. The number of amides is 2. The van der Waals surface area contributed by atoms with E-state index >= 15 is 0 Å². The van der Waals surface area contributed by atoms with Crippen LogP contribution in [0.5, 0.6) is 0 Å². The molecule has 0 fully saturated rings. The van der Waals surface area contributed by atoms with Crippen molar-refractivity contribution in [1.29, 1.82) is 0 Å². The zero-order valence-electron chi connectivity index (χ0n) is 16.3. The van der Waals surface area contributed by atoms with E-state index in [2.05, 4.69) is 10.6 Å². The number of halogens is 1. The molecule has 11 heteroatoms. The van der Waals surface area contributed by atoms with Gasteiger partial charge in [-0.25, -0.2) is 9.59 Å². The van der Waals surface area contributed by atoms with E-state index in [-0.39, 0.29) is 34.2 Å².